The van der Waals surface area contributed by atoms with Gasteiger partial charge in [-0.1, -0.05) is 6.07 Å². The highest BCUT2D eigenvalue weighted by atomic mass is 16.2. The molecular weight excluding hydrogens is 308 g/mol. The summed E-state index contributed by atoms with van der Waals surface area (Å²) in [7, 11) is 0. The molecule has 0 aromatic heterocycles. The Kier molecular flexibility index (Phi) is 3.95. The Bertz CT molecular complexity index is 714. The zero-order valence-electron chi connectivity index (χ0n) is 13.9. The van der Waals surface area contributed by atoms with Crippen LogP contribution in [0, 0.1) is 0 Å². The molecule has 1 heterocycles. The third kappa shape index (κ3) is 2.81. The molecule has 24 heavy (non-hydrogen) atoms. The van der Waals surface area contributed by atoms with E-state index in [4.69, 9.17) is 5.73 Å². The Morgan fingerprint density at radius 3 is 2.83 bits per heavy atom. The summed E-state index contributed by atoms with van der Waals surface area (Å²) in [5.41, 5.74) is 7.75. The summed E-state index contributed by atoms with van der Waals surface area (Å²) in [6, 6.07) is 5.11. The number of hydrogen-bond acceptors (Lipinski definition) is 4. The van der Waals surface area contributed by atoms with Crippen molar-refractivity contribution in [2.75, 3.05) is 12.3 Å². The van der Waals surface area contributed by atoms with Crippen LogP contribution in [0.4, 0.5) is 10.5 Å². The number of fused-ring (bicyclic) bond motifs is 1. The van der Waals surface area contributed by atoms with E-state index in [2.05, 4.69) is 10.6 Å². The molecule has 1 atom stereocenters. The first-order valence-corrected chi connectivity index (χ1v) is 8.10. The Hall–Kier alpha value is -2.57. The van der Waals surface area contributed by atoms with Gasteiger partial charge in [-0.15, -0.1) is 0 Å². The molecule has 0 radical (unpaired) electrons. The average Bonchev–Trinajstić information content (AvgIpc) is 2.69. The lowest BCUT2D eigenvalue weighted by atomic mass is 9.87. The fourth-order valence-corrected chi connectivity index (χ4v) is 3.33. The van der Waals surface area contributed by atoms with Crippen LogP contribution in [-0.4, -0.2) is 34.8 Å². The predicted molar refractivity (Wildman–Crippen MR) is 89.0 cm³/mol. The number of urea groups is 1. The number of nitrogens with zero attached hydrogens (tertiary/aromatic N) is 1. The van der Waals surface area contributed by atoms with Gasteiger partial charge in [0.05, 0.1) is 6.04 Å². The van der Waals surface area contributed by atoms with E-state index in [-0.39, 0.29) is 18.5 Å². The second-order valence-electron chi connectivity index (χ2n) is 6.88. The van der Waals surface area contributed by atoms with Crippen LogP contribution in [0.15, 0.2) is 18.2 Å². The van der Waals surface area contributed by atoms with Gasteiger partial charge in [-0.2, -0.15) is 0 Å². The Balaban J connectivity index is 1.71. The molecule has 7 nitrogen and oxygen atoms in total. The zero-order valence-corrected chi connectivity index (χ0v) is 13.9. The third-order valence-electron chi connectivity index (χ3n) is 4.81. The molecule has 1 saturated heterocycles. The molecule has 1 aliphatic carbocycles. The average molecular weight is 330 g/mol. The molecule has 4 amide bonds. The molecule has 4 N–H and O–H groups in total. The van der Waals surface area contributed by atoms with Gasteiger partial charge in [-0.25, -0.2) is 4.79 Å². The molecule has 0 bridgehead atoms. The molecule has 1 unspecified atom stereocenters. The number of rotatable bonds is 3. The number of nitrogens with one attached hydrogen (secondary N) is 2. The van der Waals surface area contributed by atoms with Crippen LogP contribution in [0.25, 0.3) is 0 Å². The minimum atomic E-state index is -1.02. The van der Waals surface area contributed by atoms with Crippen LogP contribution in [-0.2, 0) is 16.0 Å². The van der Waals surface area contributed by atoms with Crippen LogP contribution in [0.1, 0.15) is 43.9 Å². The van der Waals surface area contributed by atoms with Crippen LogP contribution in [0.5, 0.6) is 0 Å². The lowest BCUT2D eigenvalue weighted by Crippen LogP contribution is -2.49. The number of nitrogen functional groups attached to an aromatic ring is 1. The molecule has 7 heteroatoms. The fourth-order valence-electron chi connectivity index (χ4n) is 3.33. The number of hydrogen-bond donors (Lipinski definition) is 3. The highest BCUT2D eigenvalue weighted by Gasteiger charge is 2.46. The number of carbonyl (C=O) groups excluding carboxylic acids is 3. The number of carbonyl (C=O) groups is 3. The van der Waals surface area contributed by atoms with Gasteiger partial charge in [-0.05, 0) is 56.4 Å². The summed E-state index contributed by atoms with van der Waals surface area (Å²) in [6.07, 6.45) is 2.76. The molecule has 1 aliphatic heterocycles. The van der Waals surface area contributed by atoms with E-state index in [1.54, 1.807) is 13.8 Å². The fraction of sp³-hybridized carbons (Fsp3) is 0.471. The largest absolute Gasteiger partial charge is 0.399 e. The number of aryl methyl sites for hydroxylation is 1. The standard InChI is InChI=1S/C17H22N4O3/c1-17(2)15(23)20-16(24)21(17)9-14(22)19-13-5-3-4-10-8-11(18)6-7-12(10)13/h6-8,13H,3-5,9,18H2,1-2H3,(H,19,22)(H,20,23,24). The highest BCUT2D eigenvalue weighted by molar-refractivity contribution is 6.07. The van der Waals surface area contributed by atoms with Gasteiger partial charge in [0.2, 0.25) is 5.91 Å². The summed E-state index contributed by atoms with van der Waals surface area (Å²) < 4.78 is 0. The summed E-state index contributed by atoms with van der Waals surface area (Å²) >= 11 is 0. The monoisotopic (exact) mass is 330 g/mol. The van der Waals surface area contributed by atoms with Crippen molar-refractivity contribution in [3.05, 3.63) is 29.3 Å². The first-order valence-electron chi connectivity index (χ1n) is 8.10. The van der Waals surface area contributed by atoms with E-state index in [1.807, 2.05) is 18.2 Å². The van der Waals surface area contributed by atoms with Gasteiger partial charge in [0.1, 0.15) is 12.1 Å². The van der Waals surface area contributed by atoms with Gasteiger partial charge < -0.3 is 16.0 Å². The second kappa shape index (κ2) is 5.81. The molecule has 0 spiro atoms. The molecular formula is C17H22N4O3. The summed E-state index contributed by atoms with van der Waals surface area (Å²) in [4.78, 5) is 37.3. The van der Waals surface area contributed by atoms with Crippen molar-refractivity contribution in [2.45, 2.75) is 44.7 Å². The predicted octanol–water partition coefficient (Wildman–Crippen LogP) is 1.09. The smallest absolute Gasteiger partial charge is 0.325 e. The highest BCUT2D eigenvalue weighted by Crippen LogP contribution is 2.31. The van der Waals surface area contributed by atoms with E-state index in [0.29, 0.717) is 0 Å². The molecule has 0 saturated carbocycles. The first-order chi connectivity index (χ1) is 11.3. The van der Waals surface area contributed by atoms with Crippen LogP contribution in [0.2, 0.25) is 0 Å². The van der Waals surface area contributed by atoms with Crippen LogP contribution >= 0.6 is 0 Å². The van der Waals surface area contributed by atoms with E-state index < -0.39 is 17.5 Å². The van der Waals surface area contributed by atoms with Gasteiger partial charge >= 0.3 is 6.03 Å². The summed E-state index contributed by atoms with van der Waals surface area (Å²) in [5.74, 6) is -0.665. The second-order valence-corrected chi connectivity index (χ2v) is 6.88. The van der Waals surface area contributed by atoms with Crippen molar-refractivity contribution >= 4 is 23.5 Å². The summed E-state index contributed by atoms with van der Waals surface area (Å²) in [6.45, 7) is 3.10. The molecule has 128 valence electrons. The quantitative estimate of drug-likeness (QED) is 0.570. The van der Waals surface area contributed by atoms with Crippen LogP contribution < -0.4 is 16.4 Å². The van der Waals surface area contributed by atoms with E-state index in [0.717, 1.165) is 36.1 Å². The number of imide groups is 1. The number of benzene rings is 1. The van der Waals surface area contributed by atoms with Crippen molar-refractivity contribution in [3.63, 3.8) is 0 Å². The third-order valence-corrected chi connectivity index (χ3v) is 4.81. The maximum atomic E-state index is 12.4. The van der Waals surface area contributed by atoms with E-state index in [9.17, 15) is 14.4 Å². The summed E-state index contributed by atoms with van der Waals surface area (Å²) in [5, 5.41) is 5.22. The Morgan fingerprint density at radius 1 is 1.42 bits per heavy atom. The Labute approximate surface area is 140 Å². The number of anilines is 1. The maximum absolute atomic E-state index is 12.4. The minimum Gasteiger partial charge on any atom is -0.399 e. The topological polar surface area (TPSA) is 105 Å². The SMILES string of the molecule is CC1(C)C(=O)NC(=O)N1CC(=O)NC1CCCc2cc(N)ccc21. The van der Waals surface area contributed by atoms with Gasteiger partial charge in [0.15, 0.2) is 0 Å². The van der Waals surface area contributed by atoms with Gasteiger partial charge in [0.25, 0.3) is 5.91 Å². The van der Waals surface area contributed by atoms with Crippen molar-refractivity contribution < 1.29 is 14.4 Å². The van der Waals surface area contributed by atoms with Gasteiger partial charge in [-0.3, -0.25) is 14.9 Å². The molecule has 1 fully saturated rings. The van der Waals surface area contributed by atoms with Crippen LogP contribution in [0.3, 0.4) is 0 Å². The molecule has 3 rings (SSSR count). The molecule has 1 aromatic rings. The van der Waals surface area contributed by atoms with E-state index in [1.165, 1.54) is 4.90 Å². The van der Waals surface area contributed by atoms with Crippen molar-refractivity contribution in [2.24, 2.45) is 0 Å². The number of nitrogens with two attached hydrogens (primary N) is 1. The van der Waals surface area contributed by atoms with Gasteiger partial charge in [0, 0.05) is 5.69 Å². The number of amides is 4. The van der Waals surface area contributed by atoms with Crippen molar-refractivity contribution in [1.82, 2.24) is 15.5 Å². The normalized spacial score (nSPS) is 22.1. The maximum Gasteiger partial charge on any atom is 0.325 e. The Morgan fingerprint density at radius 2 is 2.17 bits per heavy atom. The lowest BCUT2D eigenvalue weighted by molar-refractivity contribution is -0.127. The lowest BCUT2D eigenvalue weighted by Gasteiger charge is -2.30. The van der Waals surface area contributed by atoms with E-state index >= 15 is 0 Å². The minimum absolute atomic E-state index is 0.0914. The van der Waals surface area contributed by atoms with Crippen molar-refractivity contribution in [1.29, 1.82) is 0 Å². The van der Waals surface area contributed by atoms with Crippen molar-refractivity contribution in [3.8, 4) is 0 Å². The molecule has 1 aromatic carbocycles. The molecule has 2 aliphatic rings. The first kappa shape index (κ1) is 16.3. The zero-order chi connectivity index (χ0) is 17.5.